The first kappa shape index (κ1) is 7.61. The highest BCUT2D eigenvalue weighted by Crippen LogP contribution is 2.16. The molecular formula is C8H13NS. The highest BCUT2D eigenvalue weighted by atomic mass is 32.1. The molecule has 0 N–H and O–H groups in total. The van der Waals surface area contributed by atoms with Gasteiger partial charge in [-0.2, -0.15) is 11.3 Å². The molecule has 1 heterocycles. The number of hydrogen-bond acceptors (Lipinski definition) is 2. The fourth-order valence-electron chi connectivity index (χ4n) is 1.03. The summed E-state index contributed by atoms with van der Waals surface area (Å²) in [6.07, 6.45) is 0. The van der Waals surface area contributed by atoms with Crippen molar-refractivity contribution in [2.45, 2.75) is 13.8 Å². The Bertz CT molecular complexity index is 165. The van der Waals surface area contributed by atoms with Gasteiger partial charge in [0.2, 0.25) is 0 Å². The monoisotopic (exact) mass is 155 g/mol. The van der Waals surface area contributed by atoms with Crippen LogP contribution in [-0.2, 0) is 0 Å². The highest BCUT2D eigenvalue weighted by Gasteiger charge is 1.98. The molecule has 0 atom stereocenters. The molecule has 0 amide bonds. The second kappa shape index (κ2) is 3.62. The molecule has 0 saturated heterocycles. The van der Waals surface area contributed by atoms with Gasteiger partial charge in [-0.15, -0.1) is 0 Å². The molecule has 0 aliphatic rings. The van der Waals surface area contributed by atoms with E-state index in [1.165, 1.54) is 5.69 Å². The Balaban J connectivity index is 2.64. The molecule has 0 radical (unpaired) electrons. The topological polar surface area (TPSA) is 3.24 Å². The molecular weight excluding hydrogens is 142 g/mol. The van der Waals surface area contributed by atoms with E-state index in [-0.39, 0.29) is 0 Å². The van der Waals surface area contributed by atoms with Crippen molar-refractivity contribution in [3.05, 3.63) is 16.8 Å². The third-order valence-electron chi connectivity index (χ3n) is 1.63. The SMILES string of the molecule is CCN(CC)c1ccsc1. The van der Waals surface area contributed by atoms with Crippen LogP contribution in [0.1, 0.15) is 13.8 Å². The lowest BCUT2D eigenvalue weighted by molar-refractivity contribution is 0.869. The van der Waals surface area contributed by atoms with Crippen molar-refractivity contribution in [3.63, 3.8) is 0 Å². The first-order chi connectivity index (χ1) is 4.88. The van der Waals surface area contributed by atoms with Crippen LogP contribution in [0.4, 0.5) is 5.69 Å². The predicted molar refractivity (Wildman–Crippen MR) is 47.9 cm³/mol. The maximum absolute atomic E-state index is 2.34. The van der Waals surface area contributed by atoms with Crippen molar-refractivity contribution in [2.24, 2.45) is 0 Å². The Labute approximate surface area is 66.3 Å². The van der Waals surface area contributed by atoms with Crippen molar-refractivity contribution >= 4 is 17.0 Å². The van der Waals surface area contributed by atoms with Crippen molar-refractivity contribution in [1.29, 1.82) is 0 Å². The molecule has 1 nitrogen and oxygen atoms in total. The van der Waals surface area contributed by atoms with Crippen LogP contribution >= 0.6 is 11.3 Å². The van der Waals surface area contributed by atoms with Gasteiger partial charge in [-0.05, 0) is 25.3 Å². The molecule has 1 rings (SSSR count). The van der Waals surface area contributed by atoms with E-state index in [0.29, 0.717) is 0 Å². The second-order valence-electron chi connectivity index (χ2n) is 2.15. The van der Waals surface area contributed by atoms with Crippen LogP contribution in [0, 0.1) is 0 Å². The highest BCUT2D eigenvalue weighted by molar-refractivity contribution is 7.08. The Kier molecular flexibility index (Phi) is 2.75. The summed E-state index contributed by atoms with van der Waals surface area (Å²) in [5.41, 5.74) is 1.36. The van der Waals surface area contributed by atoms with Gasteiger partial charge < -0.3 is 4.90 Å². The number of nitrogens with zero attached hydrogens (tertiary/aromatic N) is 1. The summed E-state index contributed by atoms with van der Waals surface area (Å²) in [6, 6.07) is 2.16. The lowest BCUT2D eigenvalue weighted by Crippen LogP contribution is -2.20. The number of rotatable bonds is 3. The average Bonchev–Trinajstić information content (AvgIpc) is 2.43. The molecule has 56 valence electrons. The van der Waals surface area contributed by atoms with Crippen LogP contribution in [0.25, 0.3) is 0 Å². The van der Waals surface area contributed by atoms with Gasteiger partial charge in [0.15, 0.2) is 0 Å². The second-order valence-corrected chi connectivity index (χ2v) is 2.93. The van der Waals surface area contributed by atoms with Crippen molar-refractivity contribution < 1.29 is 0 Å². The van der Waals surface area contributed by atoms with Crippen LogP contribution in [0.5, 0.6) is 0 Å². The summed E-state index contributed by atoms with van der Waals surface area (Å²) in [7, 11) is 0. The minimum atomic E-state index is 1.10. The Morgan fingerprint density at radius 1 is 1.40 bits per heavy atom. The van der Waals surface area contributed by atoms with Crippen LogP contribution in [0.2, 0.25) is 0 Å². The maximum atomic E-state index is 2.34. The van der Waals surface area contributed by atoms with E-state index >= 15 is 0 Å². The largest absolute Gasteiger partial charge is 0.371 e. The predicted octanol–water partition coefficient (Wildman–Crippen LogP) is 2.59. The fourth-order valence-corrected chi connectivity index (χ4v) is 1.69. The van der Waals surface area contributed by atoms with E-state index in [1.807, 2.05) is 0 Å². The summed E-state index contributed by atoms with van der Waals surface area (Å²) in [4.78, 5) is 2.34. The van der Waals surface area contributed by atoms with Gasteiger partial charge in [-0.25, -0.2) is 0 Å². The van der Waals surface area contributed by atoms with Crippen LogP contribution in [0.15, 0.2) is 16.8 Å². The maximum Gasteiger partial charge on any atom is 0.0474 e. The van der Waals surface area contributed by atoms with E-state index < -0.39 is 0 Å². The molecule has 2 heteroatoms. The molecule has 1 aromatic heterocycles. The van der Waals surface area contributed by atoms with E-state index in [4.69, 9.17) is 0 Å². The molecule has 0 bridgehead atoms. The fraction of sp³-hybridized carbons (Fsp3) is 0.500. The molecule has 0 spiro atoms. The van der Waals surface area contributed by atoms with Crippen LogP contribution < -0.4 is 4.90 Å². The summed E-state index contributed by atoms with van der Waals surface area (Å²) >= 11 is 1.76. The molecule has 0 unspecified atom stereocenters. The van der Waals surface area contributed by atoms with Crippen molar-refractivity contribution in [1.82, 2.24) is 0 Å². The van der Waals surface area contributed by atoms with Gasteiger partial charge in [0, 0.05) is 24.2 Å². The number of hydrogen-bond donors (Lipinski definition) is 0. The van der Waals surface area contributed by atoms with Crippen LogP contribution in [-0.4, -0.2) is 13.1 Å². The minimum Gasteiger partial charge on any atom is -0.371 e. The molecule has 1 aromatic rings. The Morgan fingerprint density at radius 3 is 2.50 bits per heavy atom. The van der Waals surface area contributed by atoms with E-state index in [1.54, 1.807) is 11.3 Å². The van der Waals surface area contributed by atoms with Gasteiger partial charge in [0.05, 0.1) is 0 Å². The zero-order valence-corrected chi connectivity index (χ0v) is 7.32. The molecule has 0 fully saturated rings. The minimum absolute atomic E-state index is 1.10. The Morgan fingerprint density at radius 2 is 2.10 bits per heavy atom. The molecule has 0 aliphatic carbocycles. The third kappa shape index (κ3) is 1.51. The lowest BCUT2D eigenvalue weighted by atomic mass is 10.4. The summed E-state index contributed by atoms with van der Waals surface area (Å²) in [5.74, 6) is 0. The third-order valence-corrected chi connectivity index (χ3v) is 2.31. The number of thiophene rings is 1. The Hall–Kier alpha value is -0.500. The van der Waals surface area contributed by atoms with E-state index in [0.717, 1.165) is 13.1 Å². The zero-order chi connectivity index (χ0) is 7.40. The molecule has 0 aromatic carbocycles. The molecule has 0 aliphatic heterocycles. The summed E-state index contributed by atoms with van der Waals surface area (Å²) < 4.78 is 0. The van der Waals surface area contributed by atoms with Gasteiger partial charge in [-0.1, -0.05) is 0 Å². The van der Waals surface area contributed by atoms with Gasteiger partial charge in [0.25, 0.3) is 0 Å². The smallest absolute Gasteiger partial charge is 0.0474 e. The van der Waals surface area contributed by atoms with Gasteiger partial charge in [-0.3, -0.25) is 0 Å². The van der Waals surface area contributed by atoms with Crippen LogP contribution in [0.3, 0.4) is 0 Å². The first-order valence-electron chi connectivity index (χ1n) is 3.65. The molecule has 0 saturated carbocycles. The van der Waals surface area contributed by atoms with Crippen molar-refractivity contribution in [3.8, 4) is 0 Å². The molecule has 10 heavy (non-hydrogen) atoms. The zero-order valence-electron chi connectivity index (χ0n) is 6.50. The van der Waals surface area contributed by atoms with E-state index in [2.05, 4.69) is 35.6 Å². The standard InChI is InChI=1S/C8H13NS/c1-3-9(4-2)8-5-6-10-7-8/h5-7H,3-4H2,1-2H3. The summed E-state index contributed by atoms with van der Waals surface area (Å²) in [5, 5.41) is 4.31. The average molecular weight is 155 g/mol. The lowest BCUT2D eigenvalue weighted by Gasteiger charge is -2.18. The van der Waals surface area contributed by atoms with Crippen molar-refractivity contribution in [2.75, 3.05) is 18.0 Å². The van der Waals surface area contributed by atoms with Gasteiger partial charge >= 0.3 is 0 Å². The normalized spacial score (nSPS) is 9.80. The first-order valence-corrected chi connectivity index (χ1v) is 4.60. The quantitative estimate of drug-likeness (QED) is 0.648. The van der Waals surface area contributed by atoms with Gasteiger partial charge in [0.1, 0.15) is 0 Å². The van der Waals surface area contributed by atoms with E-state index in [9.17, 15) is 0 Å². The summed E-state index contributed by atoms with van der Waals surface area (Å²) in [6.45, 7) is 6.57. The number of anilines is 1.